The zero-order valence-corrected chi connectivity index (χ0v) is 10.8. The Morgan fingerprint density at radius 1 is 1.18 bits per heavy atom. The first-order valence-electron chi connectivity index (χ1n) is 2.45. The number of aromatic hydroxyl groups is 1. The van der Waals surface area contributed by atoms with Crippen molar-refractivity contribution in [1.82, 2.24) is 0 Å². The molecule has 54 valence electrons. The number of benzene rings is 1. The fourth-order valence-electron chi connectivity index (χ4n) is 0.512. The molecule has 0 aliphatic carbocycles. The molecule has 0 aliphatic heterocycles. The van der Waals surface area contributed by atoms with E-state index in [1.54, 1.807) is 6.07 Å². The van der Waals surface area contributed by atoms with E-state index in [1.807, 2.05) is 0 Å². The van der Waals surface area contributed by atoms with Crippen molar-refractivity contribution in [3.63, 3.8) is 0 Å². The minimum Gasteiger partial charge on any atom is -0.506 e. The van der Waals surface area contributed by atoms with Crippen LogP contribution in [0.5, 0.6) is 5.75 Å². The van der Waals surface area contributed by atoms with E-state index in [4.69, 9.17) is 28.3 Å². The van der Waals surface area contributed by atoms with Gasteiger partial charge in [0.15, 0.2) is 0 Å². The van der Waals surface area contributed by atoms with E-state index in [2.05, 4.69) is 15.9 Å². The zero-order valence-electron chi connectivity index (χ0n) is 5.74. The third-order valence-electron chi connectivity index (χ3n) is 0.990. The van der Waals surface area contributed by atoms with Gasteiger partial charge in [-0.15, -0.1) is 0 Å². The van der Waals surface area contributed by atoms with Crippen LogP contribution in [-0.2, 0) is 0 Å². The zero-order chi connectivity index (χ0) is 7.72. The number of halogens is 3. The van der Waals surface area contributed by atoms with Crippen molar-refractivity contribution >= 4 is 39.1 Å². The van der Waals surface area contributed by atoms with E-state index in [0.29, 0.717) is 9.50 Å². The van der Waals surface area contributed by atoms with Gasteiger partial charge in [0.25, 0.3) is 0 Å². The Kier molecular flexibility index (Phi) is 5.44. The average molecular weight is 265 g/mol. The fraction of sp³-hybridized carbons (Fsp3) is 0. The van der Waals surface area contributed by atoms with Crippen molar-refractivity contribution in [2.45, 2.75) is 0 Å². The molecule has 0 amide bonds. The number of rotatable bonds is 0. The van der Waals surface area contributed by atoms with Gasteiger partial charge in [-0.1, -0.05) is 23.2 Å². The van der Waals surface area contributed by atoms with Crippen LogP contribution in [-0.4, -0.2) is 5.11 Å². The summed E-state index contributed by atoms with van der Waals surface area (Å²) in [6.07, 6.45) is 0. The number of phenols is 1. The van der Waals surface area contributed by atoms with Gasteiger partial charge in [-0.25, -0.2) is 0 Å². The van der Waals surface area contributed by atoms with Crippen LogP contribution in [0.4, 0.5) is 0 Å². The molecular weight excluding hydrogens is 262 g/mol. The second-order valence-electron chi connectivity index (χ2n) is 1.72. The van der Waals surface area contributed by atoms with Crippen LogP contribution in [0.2, 0.25) is 10.0 Å². The molecule has 0 bridgehead atoms. The van der Waals surface area contributed by atoms with E-state index in [0.717, 1.165) is 0 Å². The molecule has 1 N–H and O–H groups in total. The van der Waals surface area contributed by atoms with Crippen LogP contribution in [0.15, 0.2) is 16.6 Å². The third kappa shape index (κ3) is 3.13. The first kappa shape index (κ1) is 12.1. The molecule has 0 unspecified atom stereocenters. The summed E-state index contributed by atoms with van der Waals surface area (Å²) in [7, 11) is 0. The van der Waals surface area contributed by atoms with E-state index in [-0.39, 0.29) is 40.3 Å². The second-order valence-corrected chi connectivity index (χ2v) is 3.39. The summed E-state index contributed by atoms with van der Waals surface area (Å²) in [5, 5.41) is 9.72. The molecule has 0 fully saturated rings. The van der Waals surface area contributed by atoms with Crippen molar-refractivity contribution in [2.24, 2.45) is 0 Å². The van der Waals surface area contributed by atoms with Crippen LogP contribution >= 0.6 is 39.1 Å². The fourth-order valence-corrected chi connectivity index (χ4v) is 1.31. The predicted octanol–water partition coefficient (Wildman–Crippen LogP) is 0.466. The Balaban J connectivity index is 0.000001000. The second kappa shape index (κ2) is 4.95. The summed E-state index contributed by atoms with van der Waals surface area (Å²) >= 11 is 14.3. The molecule has 0 spiro atoms. The molecule has 1 aromatic carbocycles. The van der Waals surface area contributed by atoms with Gasteiger partial charge < -0.3 is 5.11 Å². The molecule has 0 radical (unpaired) electrons. The molecule has 0 saturated carbocycles. The molecule has 0 saturated heterocycles. The maximum atomic E-state index is 8.99. The predicted molar refractivity (Wildman–Crippen MR) is 45.8 cm³/mol. The van der Waals surface area contributed by atoms with Crippen LogP contribution < -0.4 is 29.6 Å². The molecule has 0 aromatic heterocycles. The van der Waals surface area contributed by atoms with E-state index in [1.165, 1.54) is 6.07 Å². The van der Waals surface area contributed by atoms with Crippen LogP contribution in [0.1, 0.15) is 0 Å². The standard InChI is InChI=1S/C6H3BrCl2O.Na/c7-3-1-5(9)6(10)2-4(3)8;/h1-2,10H;/q;+1. The van der Waals surface area contributed by atoms with Gasteiger partial charge in [-0.3, -0.25) is 0 Å². The minimum absolute atomic E-state index is 0. The molecule has 1 nitrogen and oxygen atoms in total. The molecule has 1 rings (SSSR count). The normalized spacial score (nSPS) is 9.00. The largest absolute Gasteiger partial charge is 1.00 e. The van der Waals surface area contributed by atoms with Crippen LogP contribution in [0.3, 0.4) is 0 Å². The van der Waals surface area contributed by atoms with Gasteiger partial charge in [-0.2, -0.15) is 0 Å². The maximum absolute atomic E-state index is 8.99. The average Bonchev–Trinajstić information content (AvgIpc) is 1.84. The summed E-state index contributed by atoms with van der Waals surface area (Å²) in [5.74, 6) is -0.00475. The summed E-state index contributed by atoms with van der Waals surface area (Å²) in [6, 6.07) is 2.92. The molecular formula is C6H3BrCl2NaO+. The monoisotopic (exact) mass is 263 g/mol. The maximum Gasteiger partial charge on any atom is 1.00 e. The summed E-state index contributed by atoms with van der Waals surface area (Å²) in [4.78, 5) is 0. The Morgan fingerprint density at radius 2 is 1.73 bits per heavy atom. The van der Waals surface area contributed by atoms with Crippen molar-refractivity contribution in [3.8, 4) is 5.75 Å². The first-order chi connectivity index (χ1) is 4.61. The molecule has 5 heteroatoms. The topological polar surface area (TPSA) is 20.2 Å². The van der Waals surface area contributed by atoms with Gasteiger partial charge in [0.05, 0.1) is 10.0 Å². The van der Waals surface area contributed by atoms with Crippen LogP contribution in [0, 0.1) is 0 Å². The number of phenolic OH excluding ortho intramolecular Hbond substituents is 1. The smallest absolute Gasteiger partial charge is 0.506 e. The first-order valence-corrected chi connectivity index (χ1v) is 3.99. The van der Waals surface area contributed by atoms with Crippen molar-refractivity contribution < 1.29 is 34.7 Å². The Hall–Kier alpha value is 1.08. The van der Waals surface area contributed by atoms with Crippen molar-refractivity contribution in [2.75, 3.05) is 0 Å². The van der Waals surface area contributed by atoms with Gasteiger partial charge in [0.2, 0.25) is 0 Å². The summed E-state index contributed by atoms with van der Waals surface area (Å²) in [6.45, 7) is 0. The van der Waals surface area contributed by atoms with E-state index < -0.39 is 0 Å². The van der Waals surface area contributed by atoms with Crippen LogP contribution in [0.25, 0.3) is 0 Å². The molecule has 0 aliphatic rings. The van der Waals surface area contributed by atoms with E-state index in [9.17, 15) is 0 Å². The molecule has 11 heavy (non-hydrogen) atoms. The molecule has 0 heterocycles. The minimum atomic E-state index is -0.00475. The van der Waals surface area contributed by atoms with Crippen molar-refractivity contribution in [3.05, 3.63) is 26.7 Å². The summed E-state index contributed by atoms with van der Waals surface area (Å²) in [5.41, 5.74) is 0. The number of hydrogen-bond acceptors (Lipinski definition) is 1. The van der Waals surface area contributed by atoms with Gasteiger partial charge in [0, 0.05) is 10.5 Å². The Morgan fingerprint density at radius 3 is 2.18 bits per heavy atom. The number of hydrogen-bond donors (Lipinski definition) is 1. The molecule has 0 atom stereocenters. The summed E-state index contributed by atoms with van der Waals surface area (Å²) < 4.78 is 0.678. The Labute approximate surface area is 105 Å². The van der Waals surface area contributed by atoms with Gasteiger partial charge in [0.1, 0.15) is 5.75 Å². The Bertz CT molecular complexity index is 217. The molecule has 1 aromatic rings. The van der Waals surface area contributed by atoms with E-state index >= 15 is 0 Å². The van der Waals surface area contributed by atoms with Gasteiger partial charge >= 0.3 is 29.6 Å². The third-order valence-corrected chi connectivity index (χ3v) is 2.49. The van der Waals surface area contributed by atoms with Gasteiger partial charge in [-0.05, 0) is 22.0 Å². The quantitative estimate of drug-likeness (QED) is 0.534. The SMILES string of the molecule is Oc1cc(Cl)c(Br)cc1Cl.[Na+]. The van der Waals surface area contributed by atoms with Crippen molar-refractivity contribution in [1.29, 1.82) is 0 Å².